The van der Waals surface area contributed by atoms with Gasteiger partial charge >= 0.3 is 51.3 Å². The van der Waals surface area contributed by atoms with E-state index in [1.165, 1.54) is 0 Å². The van der Waals surface area contributed by atoms with Gasteiger partial charge in [0, 0.05) is 34.6 Å². The molecule has 0 radical (unpaired) electrons. The number of hydrogen-bond acceptors (Lipinski definition) is 5. The molecule has 1 N–H and O–H groups in total. The van der Waals surface area contributed by atoms with E-state index in [1.807, 2.05) is 32.0 Å². The summed E-state index contributed by atoms with van der Waals surface area (Å²) in [6, 6.07) is 5.51. The Morgan fingerprint density at radius 1 is 1.15 bits per heavy atom. The highest BCUT2D eigenvalue weighted by molar-refractivity contribution is 7.90. The Balaban J connectivity index is 0.00000169. The van der Waals surface area contributed by atoms with Crippen molar-refractivity contribution in [2.45, 2.75) is 24.8 Å². The standard InChI is InChI=1S/C17H19N3O3S.2Mg.4H/c1-10-8-18-15(11(2)16(10)23-4)9-24(21)17-19-13-6-5-12(22-3)7-14(13)20-17;;;;;;/h5-8H,9H2,1-4H3,(H,19,20);;;;;;/t24-;;;;;;/m0....../s1. The Kier molecular flexibility index (Phi) is 8.97. The number of aromatic nitrogens is 3. The zero-order valence-electron chi connectivity index (χ0n) is 14.0. The lowest BCUT2D eigenvalue weighted by Gasteiger charge is -2.13. The molecule has 0 aliphatic heterocycles. The molecule has 2 aromatic heterocycles. The summed E-state index contributed by atoms with van der Waals surface area (Å²) in [5.41, 5.74) is 4.16. The molecule has 0 bridgehead atoms. The molecule has 1 aromatic carbocycles. The number of fused-ring (bicyclic) bond motifs is 1. The molecule has 3 rings (SSSR count). The van der Waals surface area contributed by atoms with Gasteiger partial charge in [0.25, 0.3) is 0 Å². The van der Waals surface area contributed by atoms with E-state index in [1.54, 1.807) is 20.4 Å². The molecule has 0 saturated carbocycles. The van der Waals surface area contributed by atoms with E-state index >= 15 is 0 Å². The number of H-pyrrole nitrogens is 1. The second kappa shape index (κ2) is 10.00. The molecule has 9 heteroatoms. The number of aryl methyl sites for hydroxylation is 1. The van der Waals surface area contributed by atoms with Crippen molar-refractivity contribution in [3.05, 3.63) is 41.2 Å². The van der Waals surface area contributed by atoms with E-state index in [0.717, 1.165) is 33.6 Å². The molecule has 0 saturated heterocycles. The van der Waals surface area contributed by atoms with Gasteiger partial charge in [-0.3, -0.25) is 9.97 Å². The van der Waals surface area contributed by atoms with Gasteiger partial charge in [-0.1, -0.05) is 0 Å². The average Bonchev–Trinajstić information content (AvgIpc) is 3.01. The van der Waals surface area contributed by atoms with Crippen LogP contribution in [0.25, 0.3) is 11.0 Å². The lowest BCUT2D eigenvalue weighted by atomic mass is 10.1. The number of imidazole rings is 1. The highest BCUT2D eigenvalue weighted by atomic mass is 32.2. The maximum absolute atomic E-state index is 12.7. The van der Waals surface area contributed by atoms with Gasteiger partial charge in [0.1, 0.15) is 11.5 Å². The Hall–Kier alpha value is -0.718. The van der Waals surface area contributed by atoms with Crippen LogP contribution < -0.4 is 9.47 Å². The van der Waals surface area contributed by atoms with Crippen LogP contribution in [0.4, 0.5) is 0 Å². The summed E-state index contributed by atoms with van der Waals surface area (Å²) in [6.07, 6.45) is 1.74. The van der Waals surface area contributed by atoms with E-state index in [2.05, 4.69) is 15.0 Å². The fourth-order valence-electron chi connectivity index (χ4n) is 2.61. The highest BCUT2D eigenvalue weighted by Gasteiger charge is 2.21. The summed E-state index contributed by atoms with van der Waals surface area (Å²) in [6.45, 7) is 3.86. The van der Waals surface area contributed by atoms with Crippen LogP contribution >= 0.6 is 0 Å². The van der Waals surface area contributed by atoms with Gasteiger partial charge in [0.05, 0.1) is 30.9 Å². The molecule has 6 nitrogen and oxygen atoms in total. The Bertz CT molecular complexity index is 889. The minimum atomic E-state index is -1.33. The molecule has 1 atom stereocenters. The van der Waals surface area contributed by atoms with Crippen LogP contribution in [0.2, 0.25) is 0 Å². The maximum atomic E-state index is 12.7. The highest BCUT2D eigenvalue weighted by Crippen LogP contribution is 2.27. The van der Waals surface area contributed by atoms with E-state index in [0.29, 0.717) is 10.9 Å². The summed E-state index contributed by atoms with van der Waals surface area (Å²) in [5, 5.41) is 0.430. The molecule has 0 unspecified atom stereocenters. The third-order valence-electron chi connectivity index (χ3n) is 3.90. The molecular formula is C17H23Mg2N3O3S. The van der Waals surface area contributed by atoms with Crippen LogP contribution in [0, 0.1) is 13.8 Å². The lowest BCUT2D eigenvalue weighted by molar-refractivity contribution is 0.407. The number of benzene rings is 1. The van der Waals surface area contributed by atoms with Gasteiger partial charge in [-0.05, 0) is 26.0 Å². The van der Waals surface area contributed by atoms with Crippen molar-refractivity contribution in [2.75, 3.05) is 14.2 Å². The number of rotatable bonds is 5. The number of nitrogens with zero attached hydrogens (tertiary/aromatic N) is 2. The third kappa shape index (κ3) is 4.76. The van der Waals surface area contributed by atoms with E-state index in [4.69, 9.17) is 9.47 Å². The SMILES string of the molecule is COc1ccc2[nH]c([S@@+]([O-])Cc3ncc(C)c(OC)c3C)nc2c1.[MgH2].[MgH2]. The van der Waals surface area contributed by atoms with Gasteiger partial charge in [0.15, 0.2) is 5.75 Å². The quantitative estimate of drug-likeness (QED) is 0.514. The molecule has 0 spiro atoms. The van der Waals surface area contributed by atoms with Gasteiger partial charge in [-0.25, -0.2) is 0 Å². The largest absolute Gasteiger partial charge is 0.609 e. The predicted octanol–water partition coefficient (Wildman–Crippen LogP) is 1.07. The smallest absolute Gasteiger partial charge is 0.322 e. The Labute approximate surface area is 188 Å². The summed E-state index contributed by atoms with van der Waals surface area (Å²) in [4.78, 5) is 11.9. The minimum absolute atomic E-state index is 0. The van der Waals surface area contributed by atoms with Crippen molar-refractivity contribution in [1.29, 1.82) is 0 Å². The first-order chi connectivity index (χ1) is 11.5. The van der Waals surface area contributed by atoms with E-state index in [-0.39, 0.29) is 51.9 Å². The first-order valence-corrected chi connectivity index (χ1v) is 8.76. The van der Waals surface area contributed by atoms with Crippen molar-refractivity contribution in [3.63, 3.8) is 0 Å². The van der Waals surface area contributed by atoms with Crippen molar-refractivity contribution in [3.8, 4) is 11.5 Å². The Morgan fingerprint density at radius 3 is 2.54 bits per heavy atom. The number of nitrogens with one attached hydrogen (secondary N) is 1. The van der Waals surface area contributed by atoms with Crippen LogP contribution in [-0.2, 0) is 16.9 Å². The molecule has 0 aliphatic carbocycles. The van der Waals surface area contributed by atoms with E-state index in [9.17, 15) is 4.55 Å². The van der Waals surface area contributed by atoms with Gasteiger partial charge in [0.2, 0.25) is 0 Å². The fourth-order valence-corrected chi connectivity index (χ4v) is 3.71. The molecule has 26 heavy (non-hydrogen) atoms. The van der Waals surface area contributed by atoms with E-state index < -0.39 is 11.2 Å². The third-order valence-corrected chi connectivity index (χ3v) is 5.06. The molecule has 134 valence electrons. The summed E-state index contributed by atoms with van der Waals surface area (Å²) in [5.74, 6) is 1.78. The van der Waals surface area contributed by atoms with Crippen LogP contribution in [0.15, 0.2) is 29.6 Å². The van der Waals surface area contributed by atoms with Crippen LogP contribution in [0.3, 0.4) is 0 Å². The monoisotopic (exact) mass is 397 g/mol. The molecule has 0 aliphatic rings. The second-order valence-electron chi connectivity index (χ2n) is 5.46. The van der Waals surface area contributed by atoms with Gasteiger partial charge in [-0.15, -0.1) is 0 Å². The maximum Gasteiger partial charge on any atom is 0.322 e. The first kappa shape index (κ1) is 23.3. The fraction of sp³-hybridized carbons (Fsp3) is 0.294. The Morgan fingerprint density at radius 2 is 1.88 bits per heavy atom. The summed E-state index contributed by atoms with van der Waals surface area (Å²) in [7, 11) is 3.23. The van der Waals surface area contributed by atoms with Crippen molar-refractivity contribution in [2.24, 2.45) is 0 Å². The summed E-state index contributed by atoms with van der Waals surface area (Å²) < 4.78 is 23.3. The zero-order valence-corrected chi connectivity index (χ0v) is 14.9. The topological polar surface area (TPSA) is 83.1 Å². The van der Waals surface area contributed by atoms with Gasteiger partial charge < -0.3 is 14.0 Å². The summed E-state index contributed by atoms with van der Waals surface area (Å²) >= 11 is -1.33. The minimum Gasteiger partial charge on any atom is -0.609 e. The lowest BCUT2D eigenvalue weighted by Crippen LogP contribution is -2.10. The average molecular weight is 398 g/mol. The normalized spacial score (nSPS) is 11.4. The molecule has 0 amide bonds. The number of pyridine rings is 1. The van der Waals surface area contributed by atoms with Crippen LogP contribution in [-0.4, -0.2) is 79.8 Å². The van der Waals surface area contributed by atoms with Crippen LogP contribution in [0.5, 0.6) is 11.5 Å². The zero-order chi connectivity index (χ0) is 17.3. The van der Waals surface area contributed by atoms with Crippen molar-refractivity contribution >= 4 is 68.3 Å². The second-order valence-corrected chi connectivity index (χ2v) is 6.83. The van der Waals surface area contributed by atoms with Crippen molar-refractivity contribution in [1.82, 2.24) is 15.0 Å². The molecule has 2 heterocycles. The van der Waals surface area contributed by atoms with Crippen molar-refractivity contribution < 1.29 is 14.0 Å². The number of aromatic amines is 1. The number of ether oxygens (including phenoxy) is 2. The van der Waals surface area contributed by atoms with Gasteiger partial charge in [-0.2, -0.15) is 4.98 Å². The first-order valence-electron chi connectivity index (χ1n) is 7.44. The number of methoxy groups -OCH3 is 2. The molecule has 3 aromatic rings. The molecular weight excluding hydrogens is 375 g/mol. The molecule has 0 fully saturated rings. The van der Waals surface area contributed by atoms with Crippen LogP contribution in [0.1, 0.15) is 16.8 Å². The predicted molar refractivity (Wildman–Crippen MR) is 110 cm³/mol. The number of hydrogen-bond donors (Lipinski definition) is 1.